The first kappa shape index (κ1) is 65.1. The first-order valence-corrected chi connectivity index (χ1v) is 29.8. The van der Waals surface area contributed by atoms with Gasteiger partial charge in [0.05, 0.1) is 6.20 Å². The van der Waals surface area contributed by atoms with Crippen LogP contribution in [0, 0.1) is 77.9 Å². The van der Waals surface area contributed by atoms with E-state index in [9.17, 15) is 0 Å². The van der Waals surface area contributed by atoms with Crippen LogP contribution in [0.2, 0.25) is 0 Å². The SMILES string of the molecule is CC1CCC(C)CC1.CC1CCC(C)CC1.CC1CCC(C)CC1.CC1CCC(C)CC1.CC1CCCN(C)C1.CC1CCN(C)C1.CC1CCN(C)CC1.CC1CN(C)C1.Cc1cnn(C)c1. The number of nitrogens with zero attached hydrogens (tertiary/aromatic N) is 6. The summed E-state index contributed by atoms with van der Waals surface area (Å²) in [6.45, 7) is 40.7. The summed E-state index contributed by atoms with van der Waals surface area (Å²) in [6, 6.07) is 0. The number of aromatic nitrogens is 2. The van der Waals surface area contributed by atoms with Gasteiger partial charge in [-0.05, 0) is 170 Å². The lowest BCUT2D eigenvalue weighted by Crippen LogP contribution is -2.41. The molecule has 6 heteroatoms. The van der Waals surface area contributed by atoms with E-state index >= 15 is 0 Å². The fraction of sp³-hybridized carbons (Fsp3) is 0.952. The van der Waals surface area contributed by atoms with Crippen molar-refractivity contribution in [2.45, 2.75) is 225 Å². The average molecular weight is 956 g/mol. The molecule has 0 amide bonds. The summed E-state index contributed by atoms with van der Waals surface area (Å²) in [5.74, 6) is 12.0. The molecule has 68 heavy (non-hydrogen) atoms. The van der Waals surface area contributed by atoms with Crippen molar-refractivity contribution >= 4 is 0 Å². The molecule has 8 aliphatic rings. The Labute approximate surface area is 429 Å². The maximum Gasteiger partial charge on any atom is 0.0518 e. The third-order valence-electron chi connectivity index (χ3n) is 16.8. The molecule has 1 aromatic rings. The van der Waals surface area contributed by atoms with Crippen molar-refractivity contribution in [3.8, 4) is 0 Å². The van der Waals surface area contributed by atoms with Crippen molar-refractivity contribution in [2.24, 2.45) is 78.1 Å². The van der Waals surface area contributed by atoms with Crippen molar-refractivity contribution in [1.82, 2.24) is 29.4 Å². The maximum atomic E-state index is 3.93. The molecule has 4 saturated carbocycles. The van der Waals surface area contributed by atoms with Gasteiger partial charge >= 0.3 is 0 Å². The van der Waals surface area contributed by atoms with Gasteiger partial charge in [-0.3, -0.25) is 4.68 Å². The van der Waals surface area contributed by atoms with E-state index < -0.39 is 0 Å². The molecule has 2 atom stereocenters. The lowest BCUT2D eigenvalue weighted by molar-refractivity contribution is 0.149. The first-order valence-electron chi connectivity index (χ1n) is 29.8. The fourth-order valence-electron chi connectivity index (χ4n) is 11.0. The van der Waals surface area contributed by atoms with Crippen molar-refractivity contribution in [1.29, 1.82) is 0 Å². The van der Waals surface area contributed by atoms with E-state index in [4.69, 9.17) is 0 Å². The molecule has 4 saturated heterocycles. The highest BCUT2D eigenvalue weighted by Gasteiger charge is 2.18. The third-order valence-corrected chi connectivity index (χ3v) is 16.8. The van der Waals surface area contributed by atoms with Gasteiger partial charge < -0.3 is 19.6 Å². The molecule has 0 N–H and O–H groups in total. The van der Waals surface area contributed by atoms with Crippen molar-refractivity contribution in [3.63, 3.8) is 0 Å². The molecule has 9 rings (SSSR count). The molecule has 0 aromatic carbocycles. The molecule has 404 valence electrons. The Hall–Kier alpha value is -0.950. The summed E-state index contributed by atoms with van der Waals surface area (Å²) >= 11 is 0. The van der Waals surface area contributed by atoms with Crippen LogP contribution in [0.15, 0.2) is 12.4 Å². The standard InChI is InChI=1S/4C8H16.2C7H15N.C6H13N.C5H8N2.C5H11N/c5*1-7-3-5-8(2)6-4-7;1-7-4-3-5-8(2)6-7;1-6-3-4-7(2)5-6;1-5-3-6-7(2)4-5;1-5-3-6(2)4-5/h4*7-8H,3-6H2,1-2H3;2*7H,3-6H2,1-2H3;6H,3-5H2,1-2H3;3-4H,1-2H3;5H,3-4H2,1-2H3. The predicted octanol–water partition coefficient (Wildman–Crippen LogP) is 16.3. The van der Waals surface area contributed by atoms with E-state index in [1.54, 1.807) is 4.68 Å². The Bertz CT molecular complexity index is 1030. The summed E-state index contributed by atoms with van der Waals surface area (Å²) < 4.78 is 1.79. The van der Waals surface area contributed by atoms with Gasteiger partial charge in [0, 0.05) is 39.4 Å². The van der Waals surface area contributed by atoms with Crippen molar-refractivity contribution in [3.05, 3.63) is 18.0 Å². The molecule has 1 aromatic heterocycles. The molecule has 0 radical (unpaired) electrons. The summed E-state index contributed by atoms with van der Waals surface area (Å²) in [7, 11) is 10.7. The Kier molecular flexibility index (Phi) is 37.0. The average Bonchev–Trinajstić information content (AvgIpc) is 3.88. The monoisotopic (exact) mass is 955 g/mol. The van der Waals surface area contributed by atoms with Crippen LogP contribution in [0.5, 0.6) is 0 Å². The number of rotatable bonds is 0. The molecule has 5 heterocycles. The van der Waals surface area contributed by atoms with E-state index in [0.29, 0.717) is 0 Å². The fourth-order valence-corrected chi connectivity index (χ4v) is 11.0. The van der Waals surface area contributed by atoms with Gasteiger partial charge in [-0.25, -0.2) is 0 Å². The molecular weight excluding hydrogens is 829 g/mol. The Balaban J connectivity index is 0.000000383. The minimum Gasteiger partial charge on any atom is -0.306 e. The van der Waals surface area contributed by atoms with Gasteiger partial charge in [0.25, 0.3) is 0 Å². The smallest absolute Gasteiger partial charge is 0.0518 e. The third kappa shape index (κ3) is 36.9. The largest absolute Gasteiger partial charge is 0.306 e. The summed E-state index contributed by atoms with van der Waals surface area (Å²) in [6.07, 6.45) is 34.4. The Morgan fingerprint density at radius 2 is 0.574 bits per heavy atom. The van der Waals surface area contributed by atoms with Crippen molar-refractivity contribution in [2.75, 3.05) is 80.5 Å². The molecule has 4 aliphatic carbocycles. The molecule has 8 fully saturated rings. The number of hydrogen-bond donors (Lipinski definition) is 0. The number of piperidine rings is 2. The highest BCUT2D eigenvalue weighted by molar-refractivity contribution is 4.98. The van der Waals surface area contributed by atoms with Crippen LogP contribution >= 0.6 is 0 Å². The lowest BCUT2D eigenvalue weighted by Gasteiger charge is -2.33. The zero-order chi connectivity index (χ0) is 51.0. The van der Waals surface area contributed by atoms with E-state index in [-0.39, 0.29) is 0 Å². The quantitative estimate of drug-likeness (QED) is 0.259. The van der Waals surface area contributed by atoms with Crippen LogP contribution in [-0.2, 0) is 7.05 Å². The van der Waals surface area contributed by atoms with Crippen LogP contribution in [0.3, 0.4) is 0 Å². The summed E-state index contributed by atoms with van der Waals surface area (Å²) in [4.78, 5) is 9.52. The van der Waals surface area contributed by atoms with Gasteiger partial charge in [-0.15, -0.1) is 0 Å². The molecule has 2 unspecified atom stereocenters. The molecule has 6 nitrogen and oxygen atoms in total. The number of likely N-dealkylation sites (tertiary alicyclic amines) is 4. The topological polar surface area (TPSA) is 30.8 Å². The van der Waals surface area contributed by atoms with Crippen LogP contribution in [0.4, 0.5) is 0 Å². The lowest BCUT2D eigenvalue weighted by atomic mass is 9.84. The van der Waals surface area contributed by atoms with Gasteiger partial charge in [0.2, 0.25) is 0 Å². The summed E-state index contributed by atoms with van der Waals surface area (Å²) in [5.41, 5.74) is 1.21. The number of hydrogen-bond acceptors (Lipinski definition) is 5. The highest BCUT2D eigenvalue weighted by atomic mass is 15.2. The maximum absolute atomic E-state index is 3.93. The van der Waals surface area contributed by atoms with Crippen LogP contribution in [0.1, 0.15) is 223 Å². The molecular formula is C62H126N6. The van der Waals surface area contributed by atoms with E-state index in [1.807, 2.05) is 26.4 Å². The zero-order valence-electron chi connectivity index (χ0n) is 49.8. The molecule has 0 bridgehead atoms. The second-order valence-corrected chi connectivity index (χ2v) is 26.1. The summed E-state index contributed by atoms with van der Waals surface area (Å²) in [5, 5.41) is 3.93. The van der Waals surface area contributed by atoms with Gasteiger partial charge in [0.1, 0.15) is 0 Å². The Morgan fingerprint density at radius 1 is 0.309 bits per heavy atom. The molecule has 4 aliphatic heterocycles. The second kappa shape index (κ2) is 38.6. The van der Waals surface area contributed by atoms with Crippen molar-refractivity contribution < 1.29 is 0 Å². The number of aryl methyl sites for hydroxylation is 2. The highest BCUT2D eigenvalue weighted by Crippen LogP contribution is 2.29. The van der Waals surface area contributed by atoms with Crippen LogP contribution in [0.25, 0.3) is 0 Å². The van der Waals surface area contributed by atoms with Crippen LogP contribution < -0.4 is 0 Å². The first-order chi connectivity index (χ1) is 32.1. The van der Waals surface area contributed by atoms with E-state index in [2.05, 4.69) is 136 Å². The van der Waals surface area contributed by atoms with Gasteiger partial charge in [0.15, 0.2) is 0 Å². The van der Waals surface area contributed by atoms with E-state index in [1.165, 1.54) is 193 Å². The normalized spacial score (nSPS) is 32.6. The predicted molar refractivity (Wildman–Crippen MR) is 305 cm³/mol. The minimum absolute atomic E-state index is 0.939. The second-order valence-electron chi connectivity index (χ2n) is 26.1. The van der Waals surface area contributed by atoms with Gasteiger partial charge in [-0.1, -0.05) is 186 Å². The molecule has 0 spiro atoms. The Morgan fingerprint density at radius 3 is 0.721 bits per heavy atom. The van der Waals surface area contributed by atoms with Gasteiger partial charge in [-0.2, -0.15) is 5.10 Å². The zero-order valence-corrected chi connectivity index (χ0v) is 49.8. The minimum atomic E-state index is 0.939. The van der Waals surface area contributed by atoms with E-state index in [0.717, 1.165) is 71.0 Å². The van der Waals surface area contributed by atoms with Crippen LogP contribution in [-0.4, -0.2) is 110 Å².